The van der Waals surface area contributed by atoms with Crippen molar-refractivity contribution in [2.75, 3.05) is 18.4 Å². The smallest absolute Gasteiger partial charge is 0.239 e. The molecule has 0 aliphatic rings. The molecule has 0 unspecified atom stereocenters. The van der Waals surface area contributed by atoms with Crippen LogP contribution in [0.1, 0.15) is 37.3 Å². The van der Waals surface area contributed by atoms with E-state index in [0.29, 0.717) is 6.54 Å². The summed E-state index contributed by atoms with van der Waals surface area (Å²) in [6.07, 6.45) is 3.41. The third-order valence-electron chi connectivity index (χ3n) is 3.06. The Hall–Kier alpha value is -1.51. The number of nitrogens with one attached hydrogen (secondary N) is 2. The monoisotopic (exact) mass is 248 g/mol. The van der Waals surface area contributed by atoms with Crippen molar-refractivity contribution >= 4 is 11.6 Å². The van der Waals surface area contributed by atoms with Gasteiger partial charge in [-0.25, -0.2) is 0 Å². The molecule has 3 nitrogen and oxygen atoms in total. The fraction of sp³-hybridized carbons (Fsp3) is 0.533. The first-order valence-electron chi connectivity index (χ1n) is 6.71. The van der Waals surface area contributed by atoms with Gasteiger partial charge in [0.25, 0.3) is 0 Å². The van der Waals surface area contributed by atoms with Crippen molar-refractivity contribution in [2.45, 2.75) is 40.0 Å². The molecule has 0 spiro atoms. The molecule has 0 heterocycles. The molecule has 18 heavy (non-hydrogen) atoms. The fourth-order valence-corrected chi connectivity index (χ4v) is 1.70. The minimum Gasteiger partial charge on any atom is -0.376 e. The predicted octanol–water partition coefficient (Wildman–Crippen LogP) is 3.02. The number of amides is 1. The topological polar surface area (TPSA) is 41.1 Å². The van der Waals surface area contributed by atoms with Crippen molar-refractivity contribution in [2.24, 2.45) is 0 Å². The summed E-state index contributed by atoms with van der Waals surface area (Å²) in [5.41, 5.74) is 3.51. The Morgan fingerprint density at radius 1 is 1.17 bits per heavy atom. The molecule has 0 aromatic heterocycles. The van der Waals surface area contributed by atoms with Gasteiger partial charge in [0.2, 0.25) is 5.91 Å². The second-order valence-corrected chi connectivity index (χ2v) is 4.71. The van der Waals surface area contributed by atoms with Crippen molar-refractivity contribution in [1.82, 2.24) is 5.32 Å². The molecular formula is C15H24N2O. The zero-order chi connectivity index (χ0) is 13.4. The quantitative estimate of drug-likeness (QED) is 0.728. The van der Waals surface area contributed by atoms with Gasteiger partial charge in [0.15, 0.2) is 0 Å². The molecule has 0 bridgehead atoms. The molecule has 100 valence electrons. The summed E-state index contributed by atoms with van der Waals surface area (Å²) in [6.45, 7) is 7.43. The molecule has 0 aliphatic heterocycles. The maximum absolute atomic E-state index is 11.6. The lowest BCUT2D eigenvalue weighted by Crippen LogP contribution is -2.30. The summed E-state index contributed by atoms with van der Waals surface area (Å²) in [5, 5.41) is 6.05. The van der Waals surface area contributed by atoms with Gasteiger partial charge in [-0.3, -0.25) is 4.79 Å². The number of anilines is 1. The zero-order valence-corrected chi connectivity index (χ0v) is 11.7. The number of rotatable bonds is 7. The van der Waals surface area contributed by atoms with Gasteiger partial charge in [0.05, 0.1) is 6.54 Å². The molecule has 1 aromatic rings. The first-order chi connectivity index (χ1) is 8.63. The van der Waals surface area contributed by atoms with E-state index in [1.54, 1.807) is 0 Å². The van der Waals surface area contributed by atoms with E-state index < -0.39 is 0 Å². The highest BCUT2D eigenvalue weighted by Crippen LogP contribution is 2.13. The average Bonchev–Trinajstić information content (AvgIpc) is 2.36. The van der Waals surface area contributed by atoms with E-state index in [4.69, 9.17) is 0 Å². The maximum Gasteiger partial charge on any atom is 0.239 e. The lowest BCUT2D eigenvalue weighted by atomic mass is 10.1. The molecule has 0 saturated carbocycles. The lowest BCUT2D eigenvalue weighted by Gasteiger charge is -2.09. The summed E-state index contributed by atoms with van der Waals surface area (Å²) in [6, 6.07) is 6.14. The van der Waals surface area contributed by atoms with E-state index in [2.05, 4.69) is 43.5 Å². The Morgan fingerprint density at radius 2 is 1.94 bits per heavy atom. The summed E-state index contributed by atoms with van der Waals surface area (Å²) in [5.74, 6) is 0.0596. The van der Waals surface area contributed by atoms with Crippen LogP contribution in [0.4, 0.5) is 5.69 Å². The summed E-state index contributed by atoms with van der Waals surface area (Å²) < 4.78 is 0. The van der Waals surface area contributed by atoms with Crippen LogP contribution >= 0.6 is 0 Å². The van der Waals surface area contributed by atoms with Crippen molar-refractivity contribution in [3.05, 3.63) is 29.3 Å². The Balaban J connectivity index is 2.27. The minimum atomic E-state index is 0.0596. The van der Waals surface area contributed by atoms with Crippen LogP contribution in [-0.4, -0.2) is 19.0 Å². The minimum absolute atomic E-state index is 0.0596. The Kier molecular flexibility index (Phi) is 6.26. The van der Waals surface area contributed by atoms with Crippen molar-refractivity contribution in [3.8, 4) is 0 Å². The highest BCUT2D eigenvalue weighted by Gasteiger charge is 2.01. The molecule has 0 radical (unpaired) electrons. The molecule has 2 N–H and O–H groups in total. The van der Waals surface area contributed by atoms with Crippen LogP contribution < -0.4 is 10.6 Å². The van der Waals surface area contributed by atoms with Crippen LogP contribution in [0.15, 0.2) is 18.2 Å². The highest BCUT2D eigenvalue weighted by molar-refractivity contribution is 5.80. The van der Waals surface area contributed by atoms with Gasteiger partial charge in [-0.2, -0.15) is 0 Å². The molecule has 1 rings (SSSR count). The first-order valence-corrected chi connectivity index (χ1v) is 6.71. The number of hydrogen-bond donors (Lipinski definition) is 2. The number of carbonyl (C=O) groups excluding carboxylic acids is 1. The molecule has 0 saturated heterocycles. The van der Waals surface area contributed by atoms with Gasteiger partial charge in [0.1, 0.15) is 0 Å². The standard InChI is InChI=1S/C15H24N2O/c1-4-5-6-9-16-15(18)11-17-14-8-7-12(2)13(3)10-14/h7-8,10,17H,4-6,9,11H2,1-3H3,(H,16,18). The largest absolute Gasteiger partial charge is 0.376 e. The van der Waals surface area contributed by atoms with Crippen molar-refractivity contribution < 1.29 is 4.79 Å². The van der Waals surface area contributed by atoms with E-state index in [-0.39, 0.29) is 5.91 Å². The number of hydrogen-bond acceptors (Lipinski definition) is 2. The Bertz CT molecular complexity index is 388. The SMILES string of the molecule is CCCCCNC(=O)CNc1ccc(C)c(C)c1. The summed E-state index contributed by atoms with van der Waals surface area (Å²) >= 11 is 0. The van der Waals surface area contributed by atoms with E-state index in [1.807, 2.05) is 6.07 Å². The van der Waals surface area contributed by atoms with Gasteiger partial charge in [-0.15, -0.1) is 0 Å². The summed E-state index contributed by atoms with van der Waals surface area (Å²) in [7, 11) is 0. The van der Waals surface area contributed by atoms with Crippen LogP contribution in [-0.2, 0) is 4.79 Å². The molecule has 0 fully saturated rings. The third-order valence-corrected chi connectivity index (χ3v) is 3.06. The molecule has 3 heteroatoms. The average molecular weight is 248 g/mol. The summed E-state index contributed by atoms with van der Waals surface area (Å²) in [4.78, 5) is 11.6. The predicted molar refractivity (Wildman–Crippen MR) is 76.9 cm³/mol. The zero-order valence-electron chi connectivity index (χ0n) is 11.7. The van der Waals surface area contributed by atoms with Gasteiger partial charge in [-0.1, -0.05) is 25.8 Å². The van der Waals surface area contributed by atoms with E-state index >= 15 is 0 Å². The number of aryl methyl sites for hydroxylation is 2. The van der Waals surface area contributed by atoms with Crippen LogP contribution in [0.2, 0.25) is 0 Å². The van der Waals surface area contributed by atoms with E-state index in [1.165, 1.54) is 24.0 Å². The van der Waals surface area contributed by atoms with E-state index in [9.17, 15) is 4.79 Å². The van der Waals surface area contributed by atoms with E-state index in [0.717, 1.165) is 18.7 Å². The normalized spacial score (nSPS) is 10.2. The van der Waals surface area contributed by atoms with Crippen LogP contribution in [0.5, 0.6) is 0 Å². The molecule has 1 amide bonds. The van der Waals surface area contributed by atoms with Crippen molar-refractivity contribution in [3.63, 3.8) is 0 Å². The molecule has 0 aliphatic carbocycles. The Morgan fingerprint density at radius 3 is 2.61 bits per heavy atom. The fourth-order valence-electron chi connectivity index (χ4n) is 1.70. The lowest BCUT2D eigenvalue weighted by molar-refractivity contribution is -0.119. The van der Waals surface area contributed by atoms with Crippen LogP contribution in [0.3, 0.4) is 0 Å². The Labute approximate surface area is 110 Å². The van der Waals surface area contributed by atoms with Crippen LogP contribution in [0, 0.1) is 13.8 Å². The van der Waals surface area contributed by atoms with Gasteiger partial charge in [-0.05, 0) is 43.5 Å². The molecule has 0 atom stereocenters. The second kappa shape index (κ2) is 7.75. The van der Waals surface area contributed by atoms with Crippen LogP contribution in [0.25, 0.3) is 0 Å². The first kappa shape index (κ1) is 14.6. The molecular weight excluding hydrogens is 224 g/mol. The number of benzene rings is 1. The molecule has 1 aromatic carbocycles. The number of carbonyl (C=O) groups is 1. The van der Waals surface area contributed by atoms with Gasteiger partial charge >= 0.3 is 0 Å². The second-order valence-electron chi connectivity index (χ2n) is 4.71. The number of unbranched alkanes of at least 4 members (excludes halogenated alkanes) is 2. The third kappa shape index (κ3) is 5.21. The highest BCUT2D eigenvalue weighted by atomic mass is 16.1. The maximum atomic E-state index is 11.6. The van der Waals surface area contributed by atoms with Crippen molar-refractivity contribution in [1.29, 1.82) is 0 Å². The van der Waals surface area contributed by atoms with Gasteiger partial charge in [0, 0.05) is 12.2 Å². The van der Waals surface area contributed by atoms with Gasteiger partial charge < -0.3 is 10.6 Å².